The van der Waals surface area contributed by atoms with E-state index in [0.29, 0.717) is 6.42 Å². The Hall–Kier alpha value is -1.89. The van der Waals surface area contributed by atoms with Gasteiger partial charge in [0.2, 0.25) is 5.91 Å². The Morgan fingerprint density at radius 3 is 2.80 bits per heavy atom. The third kappa shape index (κ3) is 5.29. The van der Waals surface area contributed by atoms with Crippen LogP contribution >= 0.6 is 0 Å². The monoisotopic (exact) mass is 346 g/mol. The minimum Gasteiger partial charge on any atom is -0.488 e. The fourth-order valence-corrected chi connectivity index (χ4v) is 3.23. The number of ether oxygens (including phenoxy) is 2. The molecular formula is C19H26N2O4. The van der Waals surface area contributed by atoms with Crippen molar-refractivity contribution < 1.29 is 19.4 Å². The van der Waals surface area contributed by atoms with Gasteiger partial charge in [0.05, 0.1) is 19.3 Å². The van der Waals surface area contributed by atoms with Gasteiger partial charge in [0, 0.05) is 25.7 Å². The third-order valence-electron chi connectivity index (χ3n) is 4.65. The van der Waals surface area contributed by atoms with E-state index in [4.69, 9.17) is 9.47 Å². The number of benzene rings is 1. The second kappa shape index (κ2) is 8.99. The Labute approximate surface area is 148 Å². The molecule has 2 aliphatic rings. The number of para-hydroxylation sites is 1. The van der Waals surface area contributed by atoms with E-state index in [1.54, 1.807) is 6.08 Å². The van der Waals surface area contributed by atoms with Gasteiger partial charge in [-0.2, -0.15) is 0 Å². The lowest BCUT2D eigenvalue weighted by Gasteiger charge is -2.25. The zero-order chi connectivity index (χ0) is 17.5. The second-order valence-corrected chi connectivity index (χ2v) is 6.47. The van der Waals surface area contributed by atoms with Gasteiger partial charge in [0.25, 0.3) is 0 Å². The van der Waals surface area contributed by atoms with Crippen LogP contribution in [0.4, 0.5) is 0 Å². The summed E-state index contributed by atoms with van der Waals surface area (Å²) in [6.07, 6.45) is 3.86. The molecule has 0 radical (unpaired) electrons. The van der Waals surface area contributed by atoms with Gasteiger partial charge in [-0.3, -0.25) is 9.69 Å². The van der Waals surface area contributed by atoms with Gasteiger partial charge in [-0.1, -0.05) is 24.3 Å². The molecule has 3 atom stereocenters. The van der Waals surface area contributed by atoms with E-state index in [1.165, 1.54) is 0 Å². The molecule has 0 aromatic heterocycles. The lowest BCUT2D eigenvalue weighted by Crippen LogP contribution is -2.43. The third-order valence-corrected chi connectivity index (χ3v) is 4.65. The lowest BCUT2D eigenvalue weighted by molar-refractivity contribution is -0.118. The smallest absolute Gasteiger partial charge is 0.244 e. The van der Waals surface area contributed by atoms with Crippen LogP contribution in [0.1, 0.15) is 12.8 Å². The molecule has 0 bridgehead atoms. The van der Waals surface area contributed by atoms with Crippen LogP contribution < -0.4 is 10.1 Å². The molecule has 1 aromatic carbocycles. The van der Waals surface area contributed by atoms with E-state index in [0.717, 1.165) is 45.0 Å². The average molecular weight is 346 g/mol. The van der Waals surface area contributed by atoms with Crippen molar-refractivity contribution in [1.29, 1.82) is 0 Å². The van der Waals surface area contributed by atoms with Crippen molar-refractivity contribution in [1.82, 2.24) is 10.2 Å². The number of nitrogens with zero attached hydrogens (tertiary/aromatic N) is 1. The van der Waals surface area contributed by atoms with Crippen LogP contribution in [0.2, 0.25) is 0 Å². The van der Waals surface area contributed by atoms with Gasteiger partial charge < -0.3 is 19.9 Å². The molecular weight excluding hydrogens is 320 g/mol. The number of morpholine rings is 1. The molecule has 2 fully saturated rings. The van der Waals surface area contributed by atoms with Gasteiger partial charge >= 0.3 is 0 Å². The Morgan fingerprint density at radius 2 is 2.04 bits per heavy atom. The van der Waals surface area contributed by atoms with Crippen molar-refractivity contribution in [2.24, 2.45) is 0 Å². The fraction of sp³-hybridized carbons (Fsp3) is 0.526. The summed E-state index contributed by atoms with van der Waals surface area (Å²) in [6.45, 7) is 4.02. The fourth-order valence-electron chi connectivity index (χ4n) is 3.23. The van der Waals surface area contributed by atoms with Crippen molar-refractivity contribution in [3.8, 4) is 5.75 Å². The zero-order valence-corrected chi connectivity index (χ0v) is 14.3. The first kappa shape index (κ1) is 17.9. The van der Waals surface area contributed by atoms with Crippen LogP contribution in [0, 0.1) is 0 Å². The van der Waals surface area contributed by atoms with E-state index in [-0.39, 0.29) is 18.1 Å². The highest BCUT2D eigenvalue weighted by molar-refractivity contribution is 5.87. The Balaban J connectivity index is 1.42. The summed E-state index contributed by atoms with van der Waals surface area (Å²) in [6, 6.07) is 9.18. The summed E-state index contributed by atoms with van der Waals surface area (Å²) in [5, 5.41) is 13.3. The standard InChI is InChI=1S/C19H26N2O4/c22-18(7-4-10-21-11-13-24-14-12-21)20-16-8-9-17(19(16)23)25-15-5-2-1-3-6-15/h1-7,16-17,19,23H,8-14H2,(H,20,22)/t16-,17-,19-/m1/s1. The van der Waals surface area contributed by atoms with Gasteiger partial charge in [0.15, 0.2) is 0 Å². The van der Waals surface area contributed by atoms with E-state index in [1.807, 2.05) is 36.4 Å². The molecule has 1 aliphatic heterocycles. The van der Waals surface area contributed by atoms with Crippen LogP contribution in [0.15, 0.2) is 42.5 Å². The van der Waals surface area contributed by atoms with Crippen LogP contribution in [0.5, 0.6) is 5.75 Å². The molecule has 0 spiro atoms. The minimum atomic E-state index is -0.697. The predicted molar refractivity (Wildman–Crippen MR) is 94.4 cm³/mol. The quantitative estimate of drug-likeness (QED) is 0.751. The van der Waals surface area contributed by atoms with Crippen molar-refractivity contribution in [3.05, 3.63) is 42.5 Å². The van der Waals surface area contributed by atoms with Crippen LogP contribution in [0.3, 0.4) is 0 Å². The van der Waals surface area contributed by atoms with Gasteiger partial charge in [0.1, 0.15) is 18.0 Å². The maximum atomic E-state index is 12.1. The number of aliphatic hydroxyl groups excluding tert-OH is 1. The number of carbonyl (C=O) groups is 1. The second-order valence-electron chi connectivity index (χ2n) is 6.47. The highest BCUT2D eigenvalue weighted by Gasteiger charge is 2.36. The lowest BCUT2D eigenvalue weighted by atomic mass is 10.2. The molecule has 136 valence electrons. The summed E-state index contributed by atoms with van der Waals surface area (Å²) >= 11 is 0. The maximum absolute atomic E-state index is 12.1. The number of hydrogen-bond donors (Lipinski definition) is 2. The number of aliphatic hydroxyl groups is 1. The molecule has 2 N–H and O–H groups in total. The van der Waals surface area contributed by atoms with Crippen LogP contribution in [-0.4, -0.2) is 67.0 Å². The number of amides is 1. The SMILES string of the molecule is O=C(C=CCN1CCOCC1)N[C@@H]1CC[C@@H](Oc2ccccc2)[C@@H]1O. The van der Waals surface area contributed by atoms with Gasteiger partial charge in [-0.15, -0.1) is 0 Å². The van der Waals surface area contributed by atoms with Crippen molar-refractivity contribution >= 4 is 5.91 Å². The van der Waals surface area contributed by atoms with Crippen molar-refractivity contribution in [3.63, 3.8) is 0 Å². The Bertz CT molecular complexity index is 572. The molecule has 0 unspecified atom stereocenters. The van der Waals surface area contributed by atoms with Crippen molar-refractivity contribution in [2.45, 2.75) is 31.1 Å². The first-order chi connectivity index (χ1) is 12.2. The topological polar surface area (TPSA) is 71.0 Å². The van der Waals surface area contributed by atoms with Gasteiger partial charge in [-0.05, 0) is 25.0 Å². The average Bonchev–Trinajstić information content (AvgIpc) is 2.97. The number of hydrogen-bond acceptors (Lipinski definition) is 5. The molecule has 1 saturated heterocycles. The predicted octanol–water partition coefficient (Wildman–Crippen LogP) is 0.962. The largest absolute Gasteiger partial charge is 0.488 e. The first-order valence-corrected chi connectivity index (χ1v) is 8.89. The van der Waals surface area contributed by atoms with Crippen LogP contribution in [0.25, 0.3) is 0 Å². The Kier molecular flexibility index (Phi) is 6.44. The normalized spacial score (nSPS) is 27.5. The summed E-state index contributed by atoms with van der Waals surface area (Å²) in [7, 11) is 0. The number of carbonyl (C=O) groups excluding carboxylic acids is 1. The summed E-state index contributed by atoms with van der Waals surface area (Å²) < 4.78 is 11.1. The molecule has 1 aromatic rings. The van der Waals surface area contributed by atoms with Gasteiger partial charge in [-0.25, -0.2) is 0 Å². The molecule has 6 heteroatoms. The maximum Gasteiger partial charge on any atom is 0.244 e. The molecule has 1 heterocycles. The molecule has 25 heavy (non-hydrogen) atoms. The number of rotatable bonds is 6. The molecule has 1 aliphatic carbocycles. The first-order valence-electron chi connectivity index (χ1n) is 8.89. The van der Waals surface area contributed by atoms with E-state index in [9.17, 15) is 9.90 Å². The van der Waals surface area contributed by atoms with E-state index < -0.39 is 6.10 Å². The molecule has 1 saturated carbocycles. The van der Waals surface area contributed by atoms with Crippen molar-refractivity contribution in [2.75, 3.05) is 32.8 Å². The van der Waals surface area contributed by atoms with E-state index in [2.05, 4.69) is 10.2 Å². The highest BCUT2D eigenvalue weighted by atomic mass is 16.5. The van der Waals surface area contributed by atoms with Crippen LogP contribution in [-0.2, 0) is 9.53 Å². The summed E-state index contributed by atoms with van der Waals surface area (Å²) in [5.74, 6) is 0.571. The molecule has 6 nitrogen and oxygen atoms in total. The minimum absolute atomic E-state index is 0.169. The summed E-state index contributed by atoms with van der Waals surface area (Å²) in [5.41, 5.74) is 0. The van der Waals surface area contributed by atoms with E-state index >= 15 is 0 Å². The highest BCUT2D eigenvalue weighted by Crippen LogP contribution is 2.25. The zero-order valence-electron chi connectivity index (χ0n) is 14.3. The Morgan fingerprint density at radius 1 is 1.28 bits per heavy atom. The number of nitrogens with one attached hydrogen (secondary N) is 1. The molecule has 1 amide bonds. The summed E-state index contributed by atoms with van der Waals surface area (Å²) in [4.78, 5) is 14.3. The molecule has 3 rings (SSSR count).